The molecule has 1 aliphatic carbocycles. The number of ether oxygens (including phenoxy) is 3. The first-order chi connectivity index (χ1) is 14.6. The molecule has 0 saturated carbocycles. The summed E-state index contributed by atoms with van der Waals surface area (Å²) in [6.07, 6.45) is -1.53. The summed E-state index contributed by atoms with van der Waals surface area (Å²) in [6, 6.07) is 16.4. The summed E-state index contributed by atoms with van der Waals surface area (Å²) in [6.45, 7) is 1.23. The molecule has 2 aliphatic heterocycles. The Morgan fingerprint density at radius 1 is 1.00 bits per heavy atom. The lowest BCUT2D eigenvalue weighted by Gasteiger charge is -2.30. The normalized spacial score (nSPS) is 24.8. The molecule has 0 bridgehead atoms. The number of rotatable bonds is 4. The van der Waals surface area contributed by atoms with Crippen molar-refractivity contribution in [1.82, 2.24) is 4.90 Å². The molecule has 3 aliphatic rings. The molecule has 3 unspecified atom stereocenters. The van der Waals surface area contributed by atoms with Gasteiger partial charge in [0.25, 0.3) is 0 Å². The summed E-state index contributed by atoms with van der Waals surface area (Å²) in [5.74, 6) is -0.910. The van der Waals surface area contributed by atoms with E-state index in [4.69, 9.17) is 19.3 Å². The molecule has 3 atom stereocenters. The maximum atomic E-state index is 12.7. The molecule has 1 amide bonds. The summed E-state index contributed by atoms with van der Waals surface area (Å²) in [7, 11) is 0. The maximum absolute atomic E-state index is 12.7. The summed E-state index contributed by atoms with van der Waals surface area (Å²) in [4.78, 5) is 25.2. The van der Waals surface area contributed by atoms with Crippen molar-refractivity contribution >= 4 is 12.1 Å². The number of amides is 1. The number of fused-ring (bicyclic) bond motifs is 4. The predicted octanol–water partition coefficient (Wildman–Crippen LogP) is 2.88. The molecule has 2 aromatic carbocycles. The number of carboxylic acids is 1. The maximum Gasteiger partial charge on any atom is 0.409 e. The van der Waals surface area contributed by atoms with Crippen LogP contribution >= 0.6 is 0 Å². The fraction of sp³-hybridized carbons (Fsp3) is 0.391. The molecule has 2 fully saturated rings. The molecule has 7 heteroatoms. The molecule has 0 radical (unpaired) electrons. The van der Waals surface area contributed by atoms with Crippen molar-refractivity contribution in [3.8, 4) is 11.1 Å². The average Bonchev–Trinajstić information content (AvgIpc) is 3.31. The Balaban J connectivity index is 1.23. The number of aliphatic carboxylic acids is 1. The fourth-order valence-corrected chi connectivity index (χ4v) is 4.69. The van der Waals surface area contributed by atoms with Crippen molar-refractivity contribution in [2.75, 3.05) is 26.3 Å². The van der Waals surface area contributed by atoms with Gasteiger partial charge in [-0.2, -0.15) is 0 Å². The largest absolute Gasteiger partial charge is 0.481 e. The van der Waals surface area contributed by atoms with Gasteiger partial charge in [0.1, 0.15) is 18.8 Å². The molecular weight excluding hydrogens is 386 g/mol. The zero-order chi connectivity index (χ0) is 20.7. The molecule has 2 aromatic rings. The molecule has 0 spiro atoms. The van der Waals surface area contributed by atoms with Gasteiger partial charge in [-0.05, 0) is 22.3 Å². The average molecular weight is 409 g/mol. The first kappa shape index (κ1) is 19.1. The van der Waals surface area contributed by atoms with Gasteiger partial charge in [0.15, 0.2) is 0 Å². The first-order valence-electron chi connectivity index (χ1n) is 10.2. The van der Waals surface area contributed by atoms with Crippen LogP contribution in [-0.2, 0) is 19.0 Å². The molecule has 30 heavy (non-hydrogen) atoms. The van der Waals surface area contributed by atoms with Gasteiger partial charge in [-0.1, -0.05) is 48.5 Å². The lowest BCUT2D eigenvalue weighted by atomic mass is 9.98. The Labute approximate surface area is 174 Å². The predicted molar refractivity (Wildman–Crippen MR) is 107 cm³/mol. The monoisotopic (exact) mass is 409 g/mol. The second kappa shape index (κ2) is 7.74. The van der Waals surface area contributed by atoms with Crippen LogP contribution in [0.1, 0.15) is 23.5 Å². The Morgan fingerprint density at radius 2 is 1.63 bits per heavy atom. The van der Waals surface area contributed by atoms with Crippen molar-refractivity contribution in [2.45, 2.75) is 30.7 Å². The van der Waals surface area contributed by atoms with E-state index in [0.717, 1.165) is 0 Å². The van der Waals surface area contributed by atoms with Gasteiger partial charge in [0.2, 0.25) is 0 Å². The number of carboxylic acid groups (broad SMARTS) is 1. The number of nitrogens with zero attached hydrogens (tertiary/aromatic N) is 1. The van der Waals surface area contributed by atoms with Crippen LogP contribution in [0.2, 0.25) is 0 Å². The van der Waals surface area contributed by atoms with Gasteiger partial charge in [-0.3, -0.25) is 4.79 Å². The lowest BCUT2D eigenvalue weighted by Crippen LogP contribution is -2.43. The highest BCUT2D eigenvalue weighted by molar-refractivity contribution is 5.79. The van der Waals surface area contributed by atoms with E-state index in [1.54, 1.807) is 4.90 Å². The number of hydrogen-bond donors (Lipinski definition) is 1. The van der Waals surface area contributed by atoms with Crippen molar-refractivity contribution < 1.29 is 28.9 Å². The summed E-state index contributed by atoms with van der Waals surface area (Å²) in [5.41, 5.74) is 4.72. The van der Waals surface area contributed by atoms with Crippen LogP contribution in [-0.4, -0.2) is 66.7 Å². The highest BCUT2D eigenvalue weighted by Crippen LogP contribution is 2.44. The van der Waals surface area contributed by atoms with E-state index in [1.807, 2.05) is 24.3 Å². The minimum absolute atomic E-state index is 0.0127. The van der Waals surface area contributed by atoms with E-state index >= 15 is 0 Å². The molecule has 2 heterocycles. The smallest absolute Gasteiger partial charge is 0.409 e. The van der Waals surface area contributed by atoms with E-state index < -0.39 is 18.2 Å². The molecule has 2 saturated heterocycles. The molecule has 1 N–H and O–H groups in total. The highest BCUT2D eigenvalue weighted by Gasteiger charge is 2.42. The topological polar surface area (TPSA) is 85.3 Å². The first-order valence-corrected chi connectivity index (χ1v) is 10.2. The van der Waals surface area contributed by atoms with Gasteiger partial charge in [-0.25, -0.2) is 4.79 Å². The van der Waals surface area contributed by atoms with E-state index in [1.165, 1.54) is 22.3 Å². The zero-order valence-electron chi connectivity index (χ0n) is 16.4. The molecular formula is C23H23NO6. The SMILES string of the molecule is O=C(O)CC1COC2CN(C(=O)OCC3c4ccccc4-c4ccccc43)CC2O1. The molecule has 7 nitrogen and oxygen atoms in total. The number of carbonyl (C=O) groups excluding carboxylic acids is 1. The summed E-state index contributed by atoms with van der Waals surface area (Å²) < 4.78 is 17.2. The molecule has 5 rings (SSSR count). The van der Waals surface area contributed by atoms with Crippen molar-refractivity contribution in [1.29, 1.82) is 0 Å². The molecule has 156 valence electrons. The van der Waals surface area contributed by atoms with E-state index in [9.17, 15) is 9.59 Å². The van der Waals surface area contributed by atoms with Gasteiger partial charge in [0.05, 0.1) is 32.2 Å². The highest BCUT2D eigenvalue weighted by atomic mass is 16.6. The number of hydrogen-bond acceptors (Lipinski definition) is 5. The van der Waals surface area contributed by atoms with Crippen LogP contribution in [0.3, 0.4) is 0 Å². The second-order valence-corrected chi connectivity index (χ2v) is 7.98. The van der Waals surface area contributed by atoms with Crippen LogP contribution in [0, 0.1) is 0 Å². The zero-order valence-corrected chi connectivity index (χ0v) is 16.4. The number of benzene rings is 2. The van der Waals surface area contributed by atoms with Crippen molar-refractivity contribution in [3.05, 3.63) is 59.7 Å². The molecule has 0 aromatic heterocycles. The standard InChI is InChI=1S/C23H23NO6/c25-22(26)9-14-12-28-20-10-24(11-21(20)30-14)23(27)29-13-19-17-7-3-1-5-15(17)16-6-2-4-8-18(16)19/h1-8,14,19-21H,9-13H2,(H,25,26). The second-order valence-electron chi connectivity index (χ2n) is 7.98. The van der Waals surface area contributed by atoms with Gasteiger partial charge in [0, 0.05) is 5.92 Å². The summed E-state index contributed by atoms with van der Waals surface area (Å²) in [5, 5.41) is 8.94. The van der Waals surface area contributed by atoms with Gasteiger partial charge < -0.3 is 24.2 Å². The van der Waals surface area contributed by atoms with E-state index in [0.29, 0.717) is 13.1 Å². The van der Waals surface area contributed by atoms with Crippen LogP contribution in [0.15, 0.2) is 48.5 Å². The van der Waals surface area contributed by atoms with Crippen LogP contribution in [0.5, 0.6) is 0 Å². The van der Waals surface area contributed by atoms with Gasteiger partial charge in [-0.15, -0.1) is 0 Å². The third-order valence-electron chi connectivity index (χ3n) is 6.08. The number of likely N-dealkylation sites (tertiary alicyclic amines) is 1. The minimum atomic E-state index is -0.923. The third-order valence-corrected chi connectivity index (χ3v) is 6.08. The third kappa shape index (κ3) is 3.44. The quantitative estimate of drug-likeness (QED) is 0.836. The minimum Gasteiger partial charge on any atom is -0.481 e. The Hall–Kier alpha value is -2.90. The fourth-order valence-electron chi connectivity index (χ4n) is 4.69. The van der Waals surface area contributed by atoms with Crippen LogP contribution in [0.4, 0.5) is 4.79 Å². The van der Waals surface area contributed by atoms with Crippen LogP contribution < -0.4 is 0 Å². The summed E-state index contributed by atoms with van der Waals surface area (Å²) >= 11 is 0. The van der Waals surface area contributed by atoms with Crippen molar-refractivity contribution in [3.63, 3.8) is 0 Å². The Morgan fingerprint density at radius 3 is 2.30 bits per heavy atom. The lowest BCUT2D eigenvalue weighted by molar-refractivity contribution is -0.171. The van der Waals surface area contributed by atoms with E-state index in [-0.39, 0.29) is 37.8 Å². The number of carbonyl (C=O) groups is 2. The van der Waals surface area contributed by atoms with Gasteiger partial charge >= 0.3 is 12.1 Å². The Kier molecular flexibility index (Phi) is 4.92. The Bertz CT molecular complexity index is 930. The van der Waals surface area contributed by atoms with E-state index in [2.05, 4.69) is 24.3 Å². The van der Waals surface area contributed by atoms with Crippen LogP contribution in [0.25, 0.3) is 11.1 Å². The van der Waals surface area contributed by atoms with Crippen molar-refractivity contribution in [2.24, 2.45) is 0 Å².